The Labute approximate surface area is 502 Å². The molecule has 76 heavy (non-hydrogen) atoms. The molecule has 2 aliphatic rings. The highest BCUT2D eigenvalue weighted by molar-refractivity contribution is 9.18. The molecule has 9 rings (SSSR count). The normalized spacial score (nSPS) is 12.3. The first-order valence-corrected chi connectivity index (χ1v) is 29.7. The topological polar surface area (TPSA) is 163 Å². The zero-order valence-corrected chi connectivity index (χ0v) is 52.9. The zero-order chi connectivity index (χ0) is 54.3. The molecule has 4 aromatic carbocycles. The van der Waals surface area contributed by atoms with Gasteiger partial charge in [0.1, 0.15) is 0 Å². The fraction of sp³-hybridized carbons (Fsp3) is 0.143. The van der Waals surface area contributed by atoms with Gasteiger partial charge in [-0.05, 0) is 226 Å². The number of H-pyrrole nitrogens is 2. The summed E-state index contributed by atoms with van der Waals surface area (Å²) in [6, 6.07) is 28.4. The summed E-state index contributed by atoms with van der Waals surface area (Å²) < 4.78 is 26.3. The van der Waals surface area contributed by atoms with Crippen molar-refractivity contribution in [2.45, 2.75) is 27.7 Å². The van der Waals surface area contributed by atoms with E-state index in [0.717, 1.165) is 0 Å². The van der Waals surface area contributed by atoms with Crippen molar-refractivity contribution in [1.82, 2.24) is 19.9 Å². The monoisotopic (exact) mass is 1530 g/mol. The van der Waals surface area contributed by atoms with Crippen LogP contribution in [0, 0.1) is 0 Å². The summed E-state index contributed by atoms with van der Waals surface area (Å²) >= 11 is 31.8. The lowest BCUT2D eigenvalue weighted by Gasteiger charge is -2.09. The number of hydrogen-bond donors (Lipinski definition) is 2. The van der Waals surface area contributed by atoms with Gasteiger partial charge in [-0.1, -0.05) is 48.5 Å². The number of carbonyl (C=O) groups is 4. The average Bonchev–Trinajstić information content (AvgIpc) is 4.09. The Bertz CT molecular complexity index is 3310. The van der Waals surface area contributed by atoms with Gasteiger partial charge in [0.2, 0.25) is 0 Å². The summed E-state index contributed by atoms with van der Waals surface area (Å²) in [5.41, 5.74) is 11.1. The van der Waals surface area contributed by atoms with Gasteiger partial charge in [-0.2, -0.15) is 0 Å². The second-order valence-electron chi connectivity index (χ2n) is 16.6. The van der Waals surface area contributed by atoms with Gasteiger partial charge >= 0.3 is 23.9 Å². The molecule has 2 N–H and O–H groups in total. The lowest BCUT2D eigenvalue weighted by Crippen LogP contribution is -2.04. The van der Waals surface area contributed by atoms with E-state index in [1.54, 1.807) is 76.2 Å². The lowest BCUT2D eigenvalue weighted by molar-refractivity contribution is 0.0517. The molecule has 0 atom stereocenters. The molecule has 12 nitrogen and oxygen atoms in total. The van der Waals surface area contributed by atoms with E-state index in [1.807, 2.05) is 48.5 Å². The smallest absolute Gasteiger partial charge is 0.338 e. The predicted octanol–water partition coefficient (Wildman–Crippen LogP) is 18.0. The number of fused-ring (bicyclic) bond motifs is 8. The summed E-state index contributed by atoms with van der Waals surface area (Å²) in [4.78, 5) is 70.6. The summed E-state index contributed by atoms with van der Waals surface area (Å²) in [7, 11) is 0. The summed E-state index contributed by atoms with van der Waals surface area (Å²) in [6.45, 7) is 7.88. The number of aromatic amines is 2. The Morgan fingerprint density at radius 2 is 0.526 bits per heavy atom. The van der Waals surface area contributed by atoms with Crippen molar-refractivity contribution in [3.8, 4) is 44.5 Å². The van der Waals surface area contributed by atoms with Gasteiger partial charge < -0.3 is 28.9 Å². The minimum Gasteiger partial charge on any atom is -0.462 e. The van der Waals surface area contributed by atoms with Crippen LogP contribution in [0.1, 0.15) is 91.9 Å². The molecule has 0 fully saturated rings. The van der Waals surface area contributed by atoms with Gasteiger partial charge in [0.25, 0.3) is 0 Å². The van der Waals surface area contributed by atoms with Gasteiger partial charge in [0, 0.05) is 22.3 Å². The molecular formula is C56H38Br8N4O8. The van der Waals surface area contributed by atoms with Crippen LogP contribution in [0.3, 0.4) is 0 Å². The van der Waals surface area contributed by atoms with Crippen LogP contribution in [-0.4, -0.2) is 70.2 Å². The maximum Gasteiger partial charge on any atom is 0.338 e. The number of carbonyl (C=O) groups excluding carboxylic acids is 4. The van der Waals surface area contributed by atoms with E-state index in [4.69, 9.17) is 28.9 Å². The highest BCUT2D eigenvalue weighted by Gasteiger charge is 2.31. The number of halogens is 8. The Morgan fingerprint density at radius 1 is 0.342 bits per heavy atom. The van der Waals surface area contributed by atoms with Crippen molar-refractivity contribution in [3.63, 3.8) is 0 Å². The predicted molar refractivity (Wildman–Crippen MR) is 327 cm³/mol. The van der Waals surface area contributed by atoms with Crippen LogP contribution in [0.4, 0.5) is 0 Å². The van der Waals surface area contributed by atoms with E-state index in [2.05, 4.69) is 137 Å². The van der Waals surface area contributed by atoms with Crippen molar-refractivity contribution in [1.29, 1.82) is 0 Å². The molecule has 0 unspecified atom stereocenters. The van der Waals surface area contributed by atoms with E-state index in [9.17, 15) is 19.2 Å². The maximum absolute atomic E-state index is 13.0. The van der Waals surface area contributed by atoms with Crippen molar-refractivity contribution in [2.75, 3.05) is 26.4 Å². The number of ether oxygens (including phenoxy) is 4. The standard InChI is InChI=1S/C56H38Br8N4O8/c1-5-73-53(69)29-17-9-25(10-18-29)33-45-37(57)39(59)47(65-45)34(26-11-19-30(20-12-26)54(70)74-6-2)49-41(61)43(63)51(67-49)36(28-15-23-32(24-16-28)56(72)76-8-4)52-44(64)42(62)50(68-52)35(48-40(60)38(58)46(33)66-48)27-13-21-31(22-14-27)55(71)75-7-3/h9-24,65,68H,5-8H2,1-4H3. The third-order valence-corrected chi connectivity index (χ3v) is 20.5. The number of nitrogens with one attached hydrogen (secondary N) is 2. The van der Waals surface area contributed by atoms with Gasteiger partial charge in [0.15, 0.2) is 0 Å². The molecule has 8 bridgehead atoms. The van der Waals surface area contributed by atoms with Crippen LogP contribution in [0.5, 0.6) is 0 Å². The fourth-order valence-corrected chi connectivity index (χ4v) is 12.5. The molecule has 0 saturated carbocycles. The van der Waals surface area contributed by atoms with Gasteiger partial charge in [-0.25, -0.2) is 29.1 Å². The van der Waals surface area contributed by atoms with E-state index in [1.165, 1.54) is 0 Å². The average molecular weight is 1530 g/mol. The Hall–Kier alpha value is -4.80. The number of hydrogen-bond acceptors (Lipinski definition) is 10. The highest BCUT2D eigenvalue weighted by atomic mass is 79.9. The zero-order valence-electron chi connectivity index (χ0n) is 40.3. The highest BCUT2D eigenvalue weighted by Crippen LogP contribution is 2.53. The molecule has 0 radical (unpaired) electrons. The molecule has 20 heteroatoms. The first-order valence-electron chi connectivity index (χ1n) is 23.3. The molecule has 3 aromatic heterocycles. The maximum atomic E-state index is 13.0. The van der Waals surface area contributed by atoms with Crippen LogP contribution < -0.4 is 0 Å². The lowest BCUT2D eigenvalue weighted by atomic mass is 10.0. The van der Waals surface area contributed by atoms with Gasteiger partial charge in [-0.15, -0.1) is 0 Å². The number of benzene rings is 4. The van der Waals surface area contributed by atoms with Crippen molar-refractivity contribution in [3.05, 3.63) is 160 Å². The summed E-state index contributed by atoms with van der Waals surface area (Å²) in [6.07, 6.45) is 0. The first-order chi connectivity index (χ1) is 36.5. The molecule has 0 spiro atoms. The molecular weight excluding hydrogens is 1500 g/mol. The molecule has 0 amide bonds. The van der Waals surface area contributed by atoms with E-state index >= 15 is 0 Å². The fourth-order valence-electron chi connectivity index (χ4n) is 8.64. The minimum atomic E-state index is -0.461. The quantitative estimate of drug-likeness (QED) is 0.0889. The van der Waals surface area contributed by atoms with E-state index < -0.39 is 23.9 Å². The number of rotatable bonds is 12. The molecule has 2 aliphatic heterocycles. The van der Waals surface area contributed by atoms with E-state index in [-0.39, 0.29) is 26.4 Å². The number of nitrogens with zero attached hydrogens (tertiary/aromatic N) is 2. The third-order valence-electron chi connectivity index (χ3n) is 12.1. The minimum absolute atomic E-state index is 0.213. The first kappa shape index (κ1) is 55.9. The Balaban J connectivity index is 1.52. The van der Waals surface area contributed by atoms with Crippen LogP contribution in [0.2, 0.25) is 0 Å². The largest absolute Gasteiger partial charge is 0.462 e. The van der Waals surface area contributed by atoms with Crippen LogP contribution in [0.15, 0.2) is 115 Å². The van der Waals surface area contributed by atoms with Gasteiger partial charge in [0.05, 0.1) is 129 Å². The number of aromatic nitrogens is 4. The van der Waals surface area contributed by atoms with Crippen LogP contribution in [0.25, 0.3) is 84.5 Å². The van der Waals surface area contributed by atoms with Crippen LogP contribution in [-0.2, 0) is 18.9 Å². The second-order valence-corrected chi connectivity index (χ2v) is 22.9. The Morgan fingerprint density at radius 3 is 0.697 bits per heavy atom. The van der Waals surface area contributed by atoms with Crippen molar-refractivity contribution in [2.24, 2.45) is 0 Å². The molecule has 0 saturated heterocycles. The molecule has 5 heterocycles. The second kappa shape index (κ2) is 23.7. The summed E-state index contributed by atoms with van der Waals surface area (Å²) in [5, 5.41) is 0. The SMILES string of the molecule is CCOC(=O)c1ccc(-c2c3nc(c(-c4ccc(C(=O)OCC)cc4)c4[nH]c(c(Br)c4Br)c(-c4ccc(C(=O)OCC)cc4)c4nc(c(-c5ccc(C(=O)OCC)cc5)c5[nH]c2c(Br)c5Br)C(Br)=C4Br)C(Br)=C3Br)cc1. The molecule has 386 valence electrons. The number of esters is 4. The summed E-state index contributed by atoms with van der Waals surface area (Å²) in [5.74, 6) is -1.85. The van der Waals surface area contributed by atoms with Gasteiger partial charge in [-0.3, -0.25) is 0 Å². The van der Waals surface area contributed by atoms with Crippen LogP contribution >= 0.6 is 127 Å². The molecule has 0 aliphatic carbocycles. The van der Waals surface area contributed by atoms with Crippen molar-refractivity contribution >= 4 is 191 Å². The molecule has 7 aromatic rings. The Kier molecular flexibility index (Phi) is 17.4. The third kappa shape index (κ3) is 10.5. The van der Waals surface area contributed by atoms with Crippen molar-refractivity contribution < 1.29 is 38.1 Å². The van der Waals surface area contributed by atoms with E-state index in [0.29, 0.717) is 147 Å².